The van der Waals surface area contributed by atoms with Crippen molar-refractivity contribution < 1.29 is 9.84 Å². The summed E-state index contributed by atoms with van der Waals surface area (Å²) in [5.41, 5.74) is 0.822. The van der Waals surface area contributed by atoms with Gasteiger partial charge in [-0.15, -0.1) is 0 Å². The number of hydrogen-bond donors (Lipinski definition) is 1. The van der Waals surface area contributed by atoms with E-state index in [1.54, 1.807) is 12.1 Å². The van der Waals surface area contributed by atoms with E-state index in [0.717, 1.165) is 5.56 Å². The lowest BCUT2D eigenvalue weighted by Gasteiger charge is -2.09. The van der Waals surface area contributed by atoms with E-state index in [1.807, 2.05) is 0 Å². The minimum absolute atomic E-state index is 0.0486. The minimum atomic E-state index is 0.0486. The van der Waals surface area contributed by atoms with Gasteiger partial charge in [-0.1, -0.05) is 23.2 Å². The summed E-state index contributed by atoms with van der Waals surface area (Å²) in [5, 5.41) is 9.80. The van der Waals surface area contributed by atoms with Crippen LogP contribution in [-0.2, 0) is 6.42 Å². The molecule has 0 aromatic heterocycles. The molecule has 0 spiro atoms. The standard InChI is InChI=1S/C9H10Cl2O2/c1-13-9-6(2-3-12)4-7(10)5-8(9)11/h4-5,12H,2-3H2,1H3. The summed E-state index contributed by atoms with van der Waals surface area (Å²) in [5.74, 6) is 0.583. The lowest BCUT2D eigenvalue weighted by Crippen LogP contribution is -1.96. The largest absolute Gasteiger partial charge is 0.495 e. The van der Waals surface area contributed by atoms with Gasteiger partial charge in [-0.2, -0.15) is 0 Å². The Morgan fingerprint density at radius 2 is 2.08 bits per heavy atom. The van der Waals surface area contributed by atoms with Crippen LogP contribution in [-0.4, -0.2) is 18.8 Å². The number of benzene rings is 1. The van der Waals surface area contributed by atoms with Crippen LogP contribution in [0.2, 0.25) is 10.0 Å². The minimum Gasteiger partial charge on any atom is -0.495 e. The van der Waals surface area contributed by atoms with E-state index >= 15 is 0 Å². The van der Waals surface area contributed by atoms with E-state index in [9.17, 15) is 0 Å². The van der Waals surface area contributed by atoms with Gasteiger partial charge >= 0.3 is 0 Å². The molecule has 0 saturated heterocycles. The highest BCUT2D eigenvalue weighted by Gasteiger charge is 2.08. The fourth-order valence-electron chi connectivity index (χ4n) is 1.15. The Kier molecular flexibility index (Phi) is 3.85. The average Bonchev–Trinajstić information content (AvgIpc) is 2.04. The van der Waals surface area contributed by atoms with Gasteiger partial charge < -0.3 is 9.84 Å². The van der Waals surface area contributed by atoms with Crippen molar-refractivity contribution in [2.75, 3.05) is 13.7 Å². The number of rotatable bonds is 3. The third-order valence-electron chi connectivity index (χ3n) is 1.67. The third-order valence-corrected chi connectivity index (χ3v) is 2.17. The van der Waals surface area contributed by atoms with Gasteiger partial charge in [0.15, 0.2) is 0 Å². The van der Waals surface area contributed by atoms with Crippen LogP contribution in [0.25, 0.3) is 0 Å². The molecule has 0 bridgehead atoms. The molecular formula is C9H10Cl2O2. The molecule has 1 aromatic carbocycles. The zero-order valence-corrected chi connectivity index (χ0v) is 8.69. The first-order chi connectivity index (χ1) is 6.19. The molecule has 2 nitrogen and oxygen atoms in total. The average molecular weight is 221 g/mol. The molecule has 13 heavy (non-hydrogen) atoms. The van der Waals surface area contributed by atoms with Gasteiger partial charge in [0, 0.05) is 11.6 Å². The molecule has 0 radical (unpaired) electrons. The number of aliphatic hydroxyl groups excluding tert-OH is 1. The van der Waals surface area contributed by atoms with Crippen LogP contribution in [0.4, 0.5) is 0 Å². The van der Waals surface area contributed by atoms with Gasteiger partial charge in [0.25, 0.3) is 0 Å². The first kappa shape index (κ1) is 10.6. The van der Waals surface area contributed by atoms with Crippen LogP contribution in [0.3, 0.4) is 0 Å². The zero-order chi connectivity index (χ0) is 9.84. The number of methoxy groups -OCH3 is 1. The summed E-state index contributed by atoms with van der Waals surface area (Å²) in [4.78, 5) is 0. The lowest BCUT2D eigenvalue weighted by molar-refractivity contribution is 0.296. The van der Waals surface area contributed by atoms with Crippen molar-refractivity contribution in [3.05, 3.63) is 27.7 Å². The van der Waals surface area contributed by atoms with E-state index in [1.165, 1.54) is 7.11 Å². The smallest absolute Gasteiger partial charge is 0.140 e. The molecule has 0 aliphatic rings. The lowest BCUT2D eigenvalue weighted by atomic mass is 10.1. The van der Waals surface area contributed by atoms with Gasteiger partial charge in [0.1, 0.15) is 5.75 Å². The molecule has 1 aromatic rings. The number of halogens is 2. The highest BCUT2D eigenvalue weighted by molar-refractivity contribution is 6.35. The molecular weight excluding hydrogens is 211 g/mol. The van der Waals surface area contributed by atoms with E-state index in [-0.39, 0.29) is 6.61 Å². The topological polar surface area (TPSA) is 29.5 Å². The maximum Gasteiger partial charge on any atom is 0.140 e. The molecule has 0 atom stereocenters. The molecule has 0 fully saturated rings. The Labute approximate surface area is 87.0 Å². The van der Waals surface area contributed by atoms with Gasteiger partial charge in [-0.25, -0.2) is 0 Å². The maximum absolute atomic E-state index is 8.78. The Hall–Kier alpha value is -0.440. The Morgan fingerprint density at radius 1 is 1.38 bits per heavy atom. The zero-order valence-electron chi connectivity index (χ0n) is 7.18. The van der Waals surface area contributed by atoms with Crippen molar-refractivity contribution in [3.63, 3.8) is 0 Å². The summed E-state index contributed by atoms with van der Waals surface area (Å²) in [6.45, 7) is 0.0486. The normalized spacial score (nSPS) is 10.2. The first-order valence-corrected chi connectivity index (χ1v) is 4.57. The number of hydrogen-bond acceptors (Lipinski definition) is 2. The van der Waals surface area contributed by atoms with E-state index < -0.39 is 0 Å². The predicted octanol–water partition coefficient (Wildman–Crippen LogP) is 2.54. The highest BCUT2D eigenvalue weighted by Crippen LogP contribution is 2.32. The first-order valence-electron chi connectivity index (χ1n) is 3.81. The molecule has 1 rings (SSSR count). The fraction of sp³-hybridized carbons (Fsp3) is 0.333. The Morgan fingerprint density at radius 3 is 2.62 bits per heavy atom. The van der Waals surface area contributed by atoms with Crippen LogP contribution in [0.5, 0.6) is 5.75 Å². The second kappa shape index (κ2) is 4.70. The monoisotopic (exact) mass is 220 g/mol. The van der Waals surface area contributed by atoms with Crippen LogP contribution >= 0.6 is 23.2 Å². The maximum atomic E-state index is 8.78. The molecule has 1 N–H and O–H groups in total. The van der Waals surface area contributed by atoms with Gasteiger partial charge in [0.05, 0.1) is 12.1 Å². The fourth-order valence-corrected chi connectivity index (χ4v) is 1.76. The van der Waals surface area contributed by atoms with Gasteiger partial charge in [-0.05, 0) is 24.1 Å². The summed E-state index contributed by atoms with van der Waals surface area (Å²) in [6.07, 6.45) is 0.490. The molecule has 0 unspecified atom stereocenters. The van der Waals surface area contributed by atoms with E-state index in [2.05, 4.69) is 0 Å². The quantitative estimate of drug-likeness (QED) is 0.849. The van der Waals surface area contributed by atoms with Gasteiger partial charge in [-0.3, -0.25) is 0 Å². The Bertz CT molecular complexity index is 300. The van der Waals surface area contributed by atoms with Crippen molar-refractivity contribution in [2.24, 2.45) is 0 Å². The molecule has 72 valence electrons. The van der Waals surface area contributed by atoms with Gasteiger partial charge in [0.2, 0.25) is 0 Å². The van der Waals surface area contributed by atoms with Crippen molar-refractivity contribution in [1.29, 1.82) is 0 Å². The van der Waals surface area contributed by atoms with E-state index in [4.69, 9.17) is 33.0 Å². The summed E-state index contributed by atoms with van der Waals surface area (Å²) < 4.78 is 5.08. The van der Waals surface area contributed by atoms with Crippen molar-refractivity contribution >= 4 is 23.2 Å². The molecule has 0 aliphatic carbocycles. The molecule has 0 saturated carbocycles. The van der Waals surface area contributed by atoms with E-state index in [0.29, 0.717) is 22.2 Å². The van der Waals surface area contributed by atoms with Crippen LogP contribution in [0, 0.1) is 0 Å². The molecule has 0 amide bonds. The summed E-state index contributed by atoms with van der Waals surface area (Å²) >= 11 is 11.7. The third kappa shape index (κ3) is 2.50. The van der Waals surface area contributed by atoms with Crippen LogP contribution in [0.15, 0.2) is 12.1 Å². The highest BCUT2D eigenvalue weighted by atomic mass is 35.5. The molecule has 4 heteroatoms. The van der Waals surface area contributed by atoms with Crippen molar-refractivity contribution in [3.8, 4) is 5.75 Å². The molecule has 0 heterocycles. The van der Waals surface area contributed by atoms with Crippen molar-refractivity contribution in [1.82, 2.24) is 0 Å². The molecule has 0 aliphatic heterocycles. The van der Waals surface area contributed by atoms with Crippen LogP contribution in [0.1, 0.15) is 5.56 Å². The van der Waals surface area contributed by atoms with Crippen LogP contribution < -0.4 is 4.74 Å². The predicted molar refractivity (Wildman–Crippen MR) is 53.8 cm³/mol. The van der Waals surface area contributed by atoms with Crippen molar-refractivity contribution in [2.45, 2.75) is 6.42 Å². The SMILES string of the molecule is COc1c(Cl)cc(Cl)cc1CCO. The second-order valence-corrected chi connectivity index (χ2v) is 3.40. The summed E-state index contributed by atoms with van der Waals surface area (Å²) in [7, 11) is 1.54. The summed E-state index contributed by atoms with van der Waals surface area (Å²) in [6, 6.07) is 3.35. The number of aliphatic hydroxyl groups is 1. The number of ether oxygens (including phenoxy) is 1. The Balaban J connectivity index is 3.13. The second-order valence-electron chi connectivity index (χ2n) is 2.55.